The Morgan fingerprint density at radius 2 is 2.25 bits per heavy atom. The van der Waals surface area contributed by atoms with E-state index < -0.39 is 0 Å². The van der Waals surface area contributed by atoms with E-state index in [1.165, 1.54) is 24.6 Å². The Morgan fingerprint density at radius 3 is 3.08 bits per heavy atom. The number of aromatic nitrogens is 2. The molecule has 130 valence electrons. The lowest BCUT2D eigenvalue weighted by Gasteiger charge is -2.18. The van der Waals surface area contributed by atoms with Crippen molar-refractivity contribution in [2.75, 3.05) is 20.2 Å². The van der Waals surface area contributed by atoms with Crippen molar-refractivity contribution < 1.29 is 9.53 Å². The molecule has 0 saturated carbocycles. The van der Waals surface area contributed by atoms with Crippen LogP contribution in [-0.2, 0) is 11.3 Å². The summed E-state index contributed by atoms with van der Waals surface area (Å²) < 4.78 is 14.0. The summed E-state index contributed by atoms with van der Waals surface area (Å²) in [7, 11) is 1.81. The summed E-state index contributed by atoms with van der Waals surface area (Å²) in [4.78, 5) is 13.8. The minimum atomic E-state index is -0.0383. The molecule has 0 spiro atoms. The van der Waals surface area contributed by atoms with Gasteiger partial charge in [0.25, 0.3) is 0 Å². The first-order chi connectivity index (χ1) is 11.7. The molecule has 0 unspecified atom stereocenters. The van der Waals surface area contributed by atoms with Crippen LogP contribution in [0.5, 0.6) is 0 Å². The average molecular weight is 348 g/mol. The molecule has 1 N–H and O–H groups in total. The molecular weight excluding hydrogens is 324 g/mol. The predicted molar refractivity (Wildman–Crippen MR) is 95.1 cm³/mol. The Hall–Kier alpha value is -1.73. The molecule has 0 radical (unpaired) electrons. The molecule has 1 aromatic heterocycles. The molecule has 1 aromatic carbocycles. The van der Waals surface area contributed by atoms with Crippen LogP contribution in [0.3, 0.4) is 0 Å². The molecule has 6 nitrogen and oxygen atoms in total. The number of benzene rings is 1. The van der Waals surface area contributed by atoms with Crippen LogP contribution < -0.4 is 5.32 Å². The fraction of sp³-hybridized carbons (Fsp3) is 0.588. The number of urea groups is 1. The van der Waals surface area contributed by atoms with Gasteiger partial charge in [0, 0.05) is 26.7 Å². The zero-order valence-corrected chi connectivity index (χ0v) is 14.8. The maximum atomic E-state index is 12.1. The number of rotatable bonds is 7. The first-order valence-corrected chi connectivity index (χ1v) is 9.27. The number of ether oxygens (including phenoxy) is 1. The highest BCUT2D eigenvalue weighted by molar-refractivity contribution is 7.00. The summed E-state index contributed by atoms with van der Waals surface area (Å²) in [5.41, 5.74) is 2.86. The smallest absolute Gasteiger partial charge is 0.317 e. The largest absolute Gasteiger partial charge is 0.378 e. The molecule has 0 aliphatic carbocycles. The van der Waals surface area contributed by atoms with Gasteiger partial charge in [-0.25, -0.2) is 4.79 Å². The Labute approximate surface area is 146 Å². The van der Waals surface area contributed by atoms with Crippen LogP contribution in [0.25, 0.3) is 11.0 Å². The lowest BCUT2D eigenvalue weighted by molar-refractivity contribution is 0.102. The second-order valence-corrected chi connectivity index (χ2v) is 6.83. The number of nitrogens with one attached hydrogen (secondary N) is 1. The van der Waals surface area contributed by atoms with Crippen LogP contribution in [0.4, 0.5) is 4.79 Å². The molecular formula is C17H24N4O2S. The zero-order chi connectivity index (χ0) is 16.8. The monoisotopic (exact) mass is 348 g/mol. The second kappa shape index (κ2) is 8.39. The first kappa shape index (κ1) is 17.1. The maximum absolute atomic E-state index is 12.1. The number of fused-ring (bicyclic) bond motifs is 1. The number of amides is 2. The van der Waals surface area contributed by atoms with Crippen LogP contribution in [0.15, 0.2) is 18.2 Å². The summed E-state index contributed by atoms with van der Waals surface area (Å²) >= 11 is 1.21. The zero-order valence-electron chi connectivity index (χ0n) is 14.0. The lowest BCUT2D eigenvalue weighted by Crippen LogP contribution is -2.37. The quantitative estimate of drug-likeness (QED) is 0.781. The van der Waals surface area contributed by atoms with E-state index in [2.05, 4.69) is 14.1 Å². The van der Waals surface area contributed by atoms with Crippen molar-refractivity contribution in [2.24, 2.45) is 0 Å². The Balaban J connectivity index is 1.36. The summed E-state index contributed by atoms with van der Waals surface area (Å²) in [6.07, 6.45) is 6.02. The molecule has 3 rings (SSSR count). The van der Waals surface area contributed by atoms with Crippen LogP contribution >= 0.6 is 11.7 Å². The average Bonchev–Trinajstić information content (AvgIpc) is 3.25. The van der Waals surface area contributed by atoms with Crippen molar-refractivity contribution in [1.29, 1.82) is 0 Å². The van der Waals surface area contributed by atoms with E-state index in [0.717, 1.165) is 42.5 Å². The number of hydrogen-bond acceptors (Lipinski definition) is 5. The van der Waals surface area contributed by atoms with Crippen LogP contribution in [0.2, 0.25) is 0 Å². The van der Waals surface area contributed by atoms with Crippen molar-refractivity contribution in [3.05, 3.63) is 23.8 Å². The third-order valence-electron chi connectivity index (χ3n) is 4.34. The van der Waals surface area contributed by atoms with Gasteiger partial charge in [-0.2, -0.15) is 8.75 Å². The molecule has 1 atom stereocenters. The van der Waals surface area contributed by atoms with E-state index in [1.54, 1.807) is 4.90 Å². The van der Waals surface area contributed by atoms with Gasteiger partial charge < -0.3 is 15.0 Å². The van der Waals surface area contributed by atoms with Gasteiger partial charge in [0.15, 0.2) is 0 Å². The van der Waals surface area contributed by atoms with E-state index in [4.69, 9.17) is 4.74 Å². The number of nitrogens with zero attached hydrogens (tertiary/aromatic N) is 3. The van der Waals surface area contributed by atoms with Gasteiger partial charge in [0.05, 0.1) is 17.8 Å². The van der Waals surface area contributed by atoms with Gasteiger partial charge >= 0.3 is 6.03 Å². The number of hydrogen-bond donors (Lipinski definition) is 1. The molecule has 24 heavy (non-hydrogen) atoms. The second-order valence-electron chi connectivity index (χ2n) is 6.31. The van der Waals surface area contributed by atoms with E-state index in [9.17, 15) is 4.79 Å². The summed E-state index contributed by atoms with van der Waals surface area (Å²) in [6.45, 7) is 2.19. The highest BCUT2D eigenvalue weighted by Crippen LogP contribution is 2.17. The van der Waals surface area contributed by atoms with E-state index >= 15 is 0 Å². The van der Waals surface area contributed by atoms with Gasteiger partial charge in [-0.3, -0.25) is 0 Å². The van der Waals surface area contributed by atoms with E-state index in [1.807, 2.05) is 25.2 Å². The molecule has 1 saturated heterocycles. The van der Waals surface area contributed by atoms with Crippen molar-refractivity contribution in [1.82, 2.24) is 19.0 Å². The molecule has 0 bridgehead atoms. The third kappa shape index (κ3) is 4.64. The molecule has 1 aliphatic rings. The van der Waals surface area contributed by atoms with Crippen molar-refractivity contribution >= 4 is 28.8 Å². The SMILES string of the molecule is CN(Cc1ccc2nsnc2c1)C(=O)NCCCC[C@@H]1CCCO1. The number of carbonyl (C=O) groups is 1. The predicted octanol–water partition coefficient (Wildman–Crippen LogP) is 3.18. The van der Waals surface area contributed by atoms with Crippen molar-refractivity contribution in [3.8, 4) is 0 Å². The Bertz CT molecular complexity index is 669. The minimum Gasteiger partial charge on any atom is -0.378 e. The standard InChI is InChI=1S/C17H24N4O2S/c1-21(12-13-7-8-15-16(11-13)20-24-19-15)17(22)18-9-3-2-5-14-6-4-10-23-14/h7-8,11,14H,2-6,9-10,12H2,1H3,(H,18,22)/t14-/m1/s1. The van der Waals surface area contributed by atoms with Gasteiger partial charge in [-0.05, 0) is 49.8 Å². The molecule has 7 heteroatoms. The fourth-order valence-corrected chi connectivity index (χ4v) is 3.49. The fourth-order valence-electron chi connectivity index (χ4n) is 2.97. The summed E-state index contributed by atoms with van der Waals surface area (Å²) in [5.74, 6) is 0. The van der Waals surface area contributed by atoms with Crippen LogP contribution in [0.1, 0.15) is 37.7 Å². The maximum Gasteiger partial charge on any atom is 0.317 e. The normalized spacial score (nSPS) is 17.3. The highest BCUT2D eigenvalue weighted by atomic mass is 32.1. The first-order valence-electron chi connectivity index (χ1n) is 8.54. The third-order valence-corrected chi connectivity index (χ3v) is 4.89. The van der Waals surface area contributed by atoms with Crippen LogP contribution in [-0.4, -0.2) is 46.0 Å². The van der Waals surface area contributed by atoms with Gasteiger partial charge in [-0.1, -0.05) is 6.07 Å². The van der Waals surface area contributed by atoms with Crippen molar-refractivity contribution in [2.45, 2.75) is 44.8 Å². The number of carbonyl (C=O) groups excluding carboxylic acids is 1. The molecule has 2 heterocycles. The molecule has 2 amide bonds. The van der Waals surface area contributed by atoms with E-state index in [-0.39, 0.29) is 6.03 Å². The topological polar surface area (TPSA) is 67.4 Å². The van der Waals surface area contributed by atoms with E-state index in [0.29, 0.717) is 19.2 Å². The van der Waals surface area contributed by atoms with Crippen LogP contribution in [0, 0.1) is 0 Å². The summed E-state index contributed by atoms with van der Waals surface area (Å²) in [6, 6.07) is 5.90. The van der Waals surface area contributed by atoms with Gasteiger partial charge in [0.1, 0.15) is 11.0 Å². The molecule has 1 aliphatic heterocycles. The summed E-state index contributed by atoms with van der Waals surface area (Å²) in [5, 5.41) is 2.98. The molecule has 1 fully saturated rings. The number of unbranched alkanes of at least 4 members (excludes halogenated alkanes) is 1. The van der Waals surface area contributed by atoms with Gasteiger partial charge in [-0.15, -0.1) is 0 Å². The Morgan fingerprint density at radius 1 is 1.38 bits per heavy atom. The lowest BCUT2D eigenvalue weighted by atomic mass is 10.1. The minimum absolute atomic E-state index is 0.0383. The van der Waals surface area contributed by atoms with Gasteiger partial charge in [0.2, 0.25) is 0 Å². The molecule has 2 aromatic rings. The highest BCUT2D eigenvalue weighted by Gasteiger charge is 2.14. The van der Waals surface area contributed by atoms with Crippen molar-refractivity contribution in [3.63, 3.8) is 0 Å². The Kier molecular flexibility index (Phi) is 5.98.